The maximum Gasteiger partial charge on any atom is 0.243 e. The van der Waals surface area contributed by atoms with Crippen LogP contribution in [-0.4, -0.2) is 49.4 Å². The van der Waals surface area contributed by atoms with Gasteiger partial charge in [-0.05, 0) is 42.5 Å². The van der Waals surface area contributed by atoms with E-state index in [2.05, 4.69) is 10.6 Å². The maximum absolute atomic E-state index is 12.7. The van der Waals surface area contributed by atoms with Gasteiger partial charge in [0.15, 0.2) is 0 Å². The quantitative estimate of drug-likeness (QED) is 0.579. The largest absolute Gasteiger partial charge is 0.497 e. The van der Waals surface area contributed by atoms with Crippen molar-refractivity contribution in [3.8, 4) is 5.75 Å². The van der Waals surface area contributed by atoms with E-state index in [4.69, 9.17) is 4.74 Å². The van der Waals surface area contributed by atoms with E-state index in [9.17, 15) is 14.4 Å². The molecule has 0 radical (unpaired) electrons. The van der Waals surface area contributed by atoms with E-state index < -0.39 is 0 Å². The molecule has 1 aromatic carbocycles. The molecule has 0 saturated heterocycles. The molecule has 1 aliphatic carbocycles. The van der Waals surface area contributed by atoms with Gasteiger partial charge in [-0.1, -0.05) is 39.5 Å². The molecule has 0 spiro atoms. The molecule has 0 aromatic heterocycles. The van der Waals surface area contributed by atoms with Gasteiger partial charge >= 0.3 is 0 Å². The smallest absolute Gasteiger partial charge is 0.243 e. The number of nitrogens with one attached hydrogen (secondary N) is 2. The highest BCUT2D eigenvalue weighted by Gasteiger charge is 2.21. The summed E-state index contributed by atoms with van der Waals surface area (Å²) in [5.74, 6) is 0.987. The van der Waals surface area contributed by atoms with Crippen molar-refractivity contribution in [2.45, 2.75) is 52.4 Å². The topological polar surface area (TPSA) is 87.7 Å². The first-order chi connectivity index (χ1) is 14.4. The molecule has 2 N–H and O–H groups in total. The standard InChI is InChI=1S/C23H35N3O4/c1-17(2)15-26(23(29)13-8-18-6-4-5-7-18)16-22(28)24-14-21(27)25-19-9-11-20(30-3)12-10-19/h9-12,17-18H,4-8,13-16H2,1-3H3,(H,24,28)(H,25,27). The Bertz CT molecular complexity index is 697. The van der Waals surface area contributed by atoms with Gasteiger partial charge in [-0.2, -0.15) is 0 Å². The van der Waals surface area contributed by atoms with Crippen molar-refractivity contribution in [3.05, 3.63) is 24.3 Å². The molecule has 0 aliphatic heterocycles. The van der Waals surface area contributed by atoms with Gasteiger partial charge in [0.25, 0.3) is 0 Å². The lowest BCUT2D eigenvalue weighted by Crippen LogP contribution is -2.44. The van der Waals surface area contributed by atoms with Gasteiger partial charge in [-0.15, -0.1) is 0 Å². The zero-order chi connectivity index (χ0) is 21.9. The molecule has 0 atom stereocenters. The lowest BCUT2D eigenvalue weighted by atomic mass is 10.0. The lowest BCUT2D eigenvalue weighted by molar-refractivity contribution is -0.137. The van der Waals surface area contributed by atoms with Crippen molar-refractivity contribution >= 4 is 23.4 Å². The van der Waals surface area contributed by atoms with Crippen LogP contribution in [0.15, 0.2) is 24.3 Å². The Morgan fingerprint density at radius 2 is 1.77 bits per heavy atom. The Balaban J connectivity index is 1.77. The minimum absolute atomic E-state index is 0.0164. The summed E-state index contributed by atoms with van der Waals surface area (Å²) in [6.07, 6.45) is 6.33. The van der Waals surface area contributed by atoms with Gasteiger partial charge in [-0.25, -0.2) is 0 Å². The molecule has 1 fully saturated rings. The molecule has 0 heterocycles. The highest BCUT2D eigenvalue weighted by atomic mass is 16.5. The predicted octanol–water partition coefficient (Wildman–Crippen LogP) is 3.20. The molecule has 166 valence electrons. The van der Waals surface area contributed by atoms with Crippen LogP contribution in [0.25, 0.3) is 0 Å². The first kappa shape index (κ1) is 23.7. The van der Waals surface area contributed by atoms with E-state index in [0.717, 1.165) is 6.42 Å². The summed E-state index contributed by atoms with van der Waals surface area (Å²) < 4.78 is 5.08. The lowest BCUT2D eigenvalue weighted by Gasteiger charge is -2.24. The fourth-order valence-corrected chi connectivity index (χ4v) is 3.77. The summed E-state index contributed by atoms with van der Waals surface area (Å²) in [5.41, 5.74) is 0.624. The molecule has 7 heteroatoms. The van der Waals surface area contributed by atoms with E-state index in [0.29, 0.717) is 30.3 Å². The molecule has 1 aromatic rings. The normalized spacial score (nSPS) is 13.9. The van der Waals surface area contributed by atoms with Crippen molar-refractivity contribution < 1.29 is 19.1 Å². The van der Waals surface area contributed by atoms with Crippen LogP contribution in [0.2, 0.25) is 0 Å². The Labute approximate surface area is 179 Å². The number of carbonyl (C=O) groups excluding carboxylic acids is 3. The monoisotopic (exact) mass is 417 g/mol. The van der Waals surface area contributed by atoms with Gasteiger partial charge in [-0.3, -0.25) is 14.4 Å². The molecule has 0 bridgehead atoms. The van der Waals surface area contributed by atoms with Crippen LogP contribution in [0.4, 0.5) is 5.69 Å². The molecule has 3 amide bonds. The summed E-state index contributed by atoms with van der Waals surface area (Å²) in [7, 11) is 1.57. The molecule has 30 heavy (non-hydrogen) atoms. The molecular formula is C23H35N3O4. The second-order valence-corrected chi connectivity index (χ2v) is 8.41. The number of methoxy groups -OCH3 is 1. The molecule has 0 unspecified atom stereocenters. The molecule has 1 aliphatic rings. The van der Waals surface area contributed by atoms with E-state index in [1.165, 1.54) is 25.7 Å². The zero-order valence-electron chi connectivity index (χ0n) is 18.4. The summed E-state index contributed by atoms with van der Waals surface area (Å²) in [4.78, 5) is 38.7. The first-order valence-corrected chi connectivity index (χ1v) is 10.9. The van der Waals surface area contributed by atoms with Crippen molar-refractivity contribution in [2.24, 2.45) is 11.8 Å². The number of rotatable bonds is 11. The minimum atomic E-state index is -0.324. The van der Waals surface area contributed by atoms with Crippen molar-refractivity contribution in [3.63, 3.8) is 0 Å². The minimum Gasteiger partial charge on any atom is -0.497 e. The van der Waals surface area contributed by atoms with Gasteiger partial charge < -0.3 is 20.3 Å². The maximum atomic E-state index is 12.7. The summed E-state index contributed by atoms with van der Waals surface area (Å²) >= 11 is 0. The Morgan fingerprint density at radius 3 is 2.37 bits per heavy atom. The van der Waals surface area contributed by atoms with Crippen LogP contribution in [0.3, 0.4) is 0 Å². The van der Waals surface area contributed by atoms with Crippen LogP contribution >= 0.6 is 0 Å². The fraction of sp³-hybridized carbons (Fsp3) is 0.609. The number of amides is 3. The Hall–Kier alpha value is -2.57. The highest BCUT2D eigenvalue weighted by Crippen LogP contribution is 2.28. The van der Waals surface area contributed by atoms with Crippen LogP contribution < -0.4 is 15.4 Å². The molecule has 7 nitrogen and oxygen atoms in total. The van der Waals surface area contributed by atoms with E-state index in [1.807, 2.05) is 13.8 Å². The van der Waals surface area contributed by atoms with E-state index in [-0.39, 0.29) is 36.7 Å². The third-order valence-corrected chi connectivity index (χ3v) is 5.33. The number of hydrogen-bond donors (Lipinski definition) is 2. The Morgan fingerprint density at radius 1 is 1.10 bits per heavy atom. The molecule has 2 rings (SSSR count). The first-order valence-electron chi connectivity index (χ1n) is 10.9. The van der Waals surface area contributed by atoms with Crippen molar-refractivity contribution in [2.75, 3.05) is 32.1 Å². The third kappa shape index (κ3) is 8.43. The number of carbonyl (C=O) groups is 3. The van der Waals surface area contributed by atoms with Crippen LogP contribution in [0, 0.1) is 11.8 Å². The van der Waals surface area contributed by atoms with Gasteiger partial charge in [0.2, 0.25) is 17.7 Å². The number of hydrogen-bond acceptors (Lipinski definition) is 4. The van der Waals surface area contributed by atoms with Crippen molar-refractivity contribution in [1.29, 1.82) is 0 Å². The summed E-state index contributed by atoms with van der Waals surface area (Å²) in [6.45, 7) is 4.43. The molecular weight excluding hydrogens is 382 g/mol. The number of anilines is 1. The number of nitrogens with zero attached hydrogens (tertiary/aromatic N) is 1. The van der Waals surface area contributed by atoms with Gasteiger partial charge in [0.1, 0.15) is 5.75 Å². The Kier molecular flexibility index (Phi) is 9.64. The van der Waals surface area contributed by atoms with Crippen LogP contribution in [-0.2, 0) is 14.4 Å². The fourth-order valence-electron chi connectivity index (χ4n) is 3.77. The number of benzene rings is 1. The van der Waals surface area contributed by atoms with E-state index >= 15 is 0 Å². The van der Waals surface area contributed by atoms with Crippen LogP contribution in [0.5, 0.6) is 5.75 Å². The van der Waals surface area contributed by atoms with Gasteiger partial charge in [0, 0.05) is 18.7 Å². The zero-order valence-corrected chi connectivity index (χ0v) is 18.4. The average molecular weight is 418 g/mol. The summed E-state index contributed by atoms with van der Waals surface area (Å²) in [5, 5.41) is 5.33. The third-order valence-electron chi connectivity index (χ3n) is 5.33. The second kappa shape index (κ2) is 12.2. The van der Waals surface area contributed by atoms with E-state index in [1.54, 1.807) is 36.3 Å². The number of ether oxygens (including phenoxy) is 1. The van der Waals surface area contributed by atoms with Crippen molar-refractivity contribution in [1.82, 2.24) is 10.2 Å². The summed E-state index contributed by atoms with van der Waals surface area (Å²) in [6, 6.07) is 6.95. The van der Waals surface area contributed by atoms with Gasteiger partial charge in [0.05, 0.1) is 20.2 Å². The predicted molar refractivity (Wildman–Crippen MR) is 117 cm³/mol. The van der Waals surface area contributed by atoms with Crippen LogP contribution in [0.1, 0.15) is 52.4 Å². The molecule has 1 saturated carbocycles. The second-order valence-electron chi connectivity index (χ2n) is 8.41. The average Bonchev–Trinajstić information content (AvgIpc) is 3.24. The highest BCUT2D eigenvalue weighted by molar-refractivity contribution is 5.95. The SMILES string of the molecule is COc1ccc(NC(=O)CNC(=O)CN(CC(C)C)C(=O)CCC2CCCC2)cc1.